The van der Waals surface area contributed by atoms with Gasteiger partial charge in [-0.25, -0.2) is 0 Å². The minimum Gasteiger partial charge on any atom is -0.364 e. The van der Waals surface area contributed by atoms with Crippen molar-refractivity contribution in [2.75, 3.05) is 18.0 Å². The molecule has 94 valence electrons. The van der Waals surface area contributed by atoms with Crippen molar-refractivity contribution in [1.82, 2.24) is 0 Å². The zero-order chi connectivity index (χ0) is 13.5. The van der Waals surface area contributed by atoms with Crippen LogP contribution in [0.25, 0.3) is 0 Å². The van der Waals surface area contributed by atoms with Crippen LogP contribution in [0, 0.1) is 0 Å². The van der Waals surface area contributed by atoms with Gasteiger partial charge in [0.1, 0.15) is 0 Å². The van der Waals surface area contributed by atoms with Crippen LogP contribution < -0.4 is 4.90 Å². The van der Waals surface area contributed by atoms with Gasteiger partial charge in [-0.2, -0.15) is 0 Å². The van der Waals surface area contributed by atoms with E-state index in [9.17, 15) is 9.59 Å². The molecule has 0 saturated carbocycles. The molecule has 0 aromatic heterocycles. The van der Waals surface area contributed by atoms with Crippen molar-refractivity contribution in [1.29, 1.82) is 0 Å². The lowest BCUT2D eigenvalue weighted by atomic mass is 10.1. The molecule has 3 nitrogen and oxygen atoms in total. The van der Waals surface area contributed by atoms with Gasteiger partial charge in [0, 0.05) is 31.3 Å². The Morgan fingerprint density at radius 3 is 2.00 bits per heavy atom. The van der Waals surface area contributed by atoms with Gasteiger partial charge < -0.3 is 4.90 Å². The quantitative estimate of drug-likeness (QED) is 0.420. The first-order chi connectivity index (χ1) is 8.60. The van der Waals surface area contributed by atoms with E-state index in [2.05, 4.69) is 18.1 Å². The smallest absolute Gasteiger partial charge is 0.228 e. The minimum atomic E-state index is -0.458. The number of hydrogen-bond donors (Lipinski definition) is 0. The van der Waals surface area contributed by atoms with E-state index in [0.29, 0.717) is 18.7 Å². The van der Waals surface area contributed by atoms with E-state index in [0.717, 1.165) is 5.69 Å². The van der Waals surface area contributed by atoms with Gasteiger partial charge in [0.05, 0.1) is 0 Å². The molecule has 0 aliphatic heterocycles. The average Bonchev–Trinajstić information content (AvgIpc) is 2.38. The lowest BCUT2D eigenvalue weighted by Crippen LogP contribution is -2.23. The van der Waals surface area contributed by atoms with Crippen molar-refractivity contribution >= 4 is 17.3 Å². The highest BCUT2D eigenvalue weighted by Crippen LogP contribution is 2.15. The van der Waals surface area contributed by atoms with Crippen LogP contribution in [-0.2, 0) is 4.79 Å². The van der Waals surface area contributed by atoms with E-state index < -0.39 is 11.6 Å². The highest BCUT2D eigenvalue weighted by molar-refractivity contribution is 6.42. The third-order valence-electron chi connectivity index (χ3n) is 2.51. The van der Waals surface area contributed by atoms with Gasteiger partial charge in [0.25, 0.3) is 0 Å². The number of hydrogen-bond acceptors (Lipinski definition) is 3. The summed E-state index contributed by atoms with van der Waals surface area (Å²) in [5.41, 5.74) is 1.39. The van der Waals surface area contributed by atoms with Crippen LogP contribution in [0.15, 0.2) is 49.6 Å². The molecule has 0 heterocycles. The van der Waals surface area contributed by atoms with E-state index in [1.165, 1.54) is 6.92 Å². The third kappa shape index (κ3) is 3.42. The van der Waals surface area contributed by atoms with Crippen molar-refractivity contribution < 1.29 is 9.59 Å². The molecule has 3 heteroatoms. The number of nitrogens with zero attached hydrogens (tertiary/aromatic N) is 1. The zero-order valence-corrected chi connectivity index (χ0v) is 10.6. The van der Waals surface area contributed by atoms with Gasteiger partial charge in [-0.05, 0) is 24.3 Å². The summed E-state index contributed by atoms with van der Waals surface area (Å²) in [6, 6.07) is 6.98. The highest BCUT2D eigenvalue weighted by Gasteiger charge is 2.11. The topological polar surface area (TPSA) is 37.4 Å². The number of rotatable bonds is 7. The summed E-state index contributed by atoms with van der Waals surface area (Å²) >= 11 is 0. The summed E-state index contributed by atoms with van der Waals surface area (Å²) in [7, 11) is 0. The first-order valence-corrected chi connectivity index (χ1v) is 5.72. The molecule has 1 aromatic carbocycles. The van der Waals surface area contributed by atoms with Crippen molar-refractivity contribution in [2.45, 2.75) is 6.92 Å². The number of carbonyl (C=O) groups excluding carboxylic acids is 2. The van der Waals surface area contributed by atoms with Crippen LogP contribution in [0.2, 0.25) is 0 Å². The van der Waals surface area contributed by atoms with E-state index in [1.54, 1.807) is 24.3 Å². The summed E-state index contributed by atoms with van der Waals surface area (Å²) in [4.78, 5) is 24.5. The zero-order valence-electron chi connectivity index (χ0n) is 10.6. The maximum absolute atomic E-state index is 11.5. The second-order valence-electron chi connectivity index (χ2n) is 3.91. The first kappa shape index (κ1) is 13.9. The Bertz CT molecular complexity index is 450. The maximum atomic E-state index is 11.5. The molecule has 0 amide bonds. The van der Waals surface area contributed by atoms with E-state index in [-0.39, 0.29) is 0 Å². The van der Waals surface area contributed by atoms with Crippen molar-refractivity contribution in [3.05, 3.63) is 55.1 Å². The van der Waals surface area contributed by atoms with Gasteiger partial charge in [0.15, 0.2) is 5.78 Å². The molecule has 0 saturated heterocycles. The molecule has 0 radical (unpaired) electrons. The summed E-state index contributed by atoms with van der Waals surface area (Å²) in [5, 5.41) is 0. The maximum Gasteiger partial charge on any atom is 0.228 e. The first-order valence-electron chi connectivity index (χ1n) is 5.72. The molecule has 0 aliphatic carbocycles. The Balaban J connectivity index is 2.92. The van der Waals surface area contributed by atoms with Crippen LogP contribution in [0.4, 0.5) is 5.69 Å². The third-order valence-corrected chi connectivity index (χ3v) is 2.51. The van der Waals surface area contributed by atoms with Gasteiger partial charge in [-0.15, -0.1) is 13.2 Å². The Morgan fingerprint density at radius 1 is 1.11 bits per heavy atom. The van der Waals surface area contributed by atoms with Crippen LogP contribution in [-0.4, -0.2) is 24.7 Å². The normalized spacial score (nSPS) is 9.61. The van der Waals surface area contributed by atoms with Crippen molar-refractivity contribution in [2.24, 2.45) is 0 Å². The van der Waals surface area contributed by atoms with E-state index in [1.807, 2.05) is 12.1 Å². The van der Waals surface area contributed by atoms with E-state index >= 15 is 0 Å². The molecular formula is C15H17NO2. The summed E-state index contributed by atoms with van der Waals surface area (Å²) in [5.74, 6) is -0.905. The predicted octanol–water partition coefficient (Wildman–Crippen LogP) is 2.64. The van der Waals surface area contributed by atoms with Crippen LogP contribution in [0.3, 0.4) is 0 Å². The second-order valence-corrected chi connectivity index (χ2v) is 3.91. The van der Waals surface area contributed by atoms with Gasteiger partial charge in [-0.1, -0.05) is 12.2 Å². The monoisotopic (exact) mass is 243 g/mol. The summed E-state index contributed by atoms with van der Waals surface area (Å²) in [6.45, 7) is 10.1. The van der Waals surface area contributed by atoms with Gasteiger partial charge >= 0.3 is 0 Å². The standard InChI is InChI=1S/C15H17NO2/c1-4-10-16(11-5-2)14-8-6-13(7-9-14)15(18)12(3)17/h4-9H,1-2,10-11H2,3H3. The Hall–Kier alpha value is -2.16. The number of Topliss-reactive ketones (excluding diaryl/α,β-unsaturated/α-hetero) is 2. The molecule has 1 aromatic rings. The predicted molar refractivity (Wildman–Crippen MR) is 74.1 cm³/mol. The number of carbonyl (C=O) groups is 2. The summed E-state index contributed by atoms with van der Waals surface area (Å²) < 4.78 is 0. The minimum absolute atomic E-state index is 0.420. The SMILES string of the molecule is C=CCN(CC=C)c1ccc(C(=O)C(C)=O)cc1. The van der Waals surface area contributed by atoms with Crippen molar-refractivity contribution in [3.63, 3.8) is 0 Å². The lowest BCUT2D eigenvalue weighted by molar-refractivity contribution is -0.113. The molecular weight excluding hydrogens is 226 g/mol. The molecule has 0 N–H and O–H groups in total. The fourth-order valence-electron chi connectivity index (χ4n) is 1.62. The average molecular weight is 243 g/mol. The van der Waals surface area contributed by atoms with Crippen LogP contribution >= 0.6 is 0 Å². The molecule has 18 heavy (non-hydrogen) atoms. The molecule has 0 unspecified atom stereocenters. The Labute approximate surface area is 107 Å². The fourth-order valence-corrected chi connectivity index (χ4v) is 1.62. The van der Waals surface area contributed by atoms with Gasteiger partial charge in [0.2, 0.25) is 5.78 Å². The van der Waals surface area contributed by atoms with Gasteiger partial charge in [-0.3, -0.25) is 9.59 Å². The van der Waals surface area contributed by atoms with E-state index in [4.69, 9.17) is 0 Å². The number of anilines is 1. The molecule has 0 fully saturated rings. The molecule has 0 atom stereocenters. The highest BCUT2D eigenvalue weighted by atomic mass is 16.2. The molecule has 1 rings (SSSR count). The Kier molecular flexibility index (Phi) is 5.06. The largest absolute Gasteiger partial charge is 0.364 e. The van der Waals surface area contributed by atoms with Crippen LogP contribution in [0.5, 0.6) is 0 Å². The Morgan fingerprint density at radius 2 is 1.61 bits per heavy atom. The molecule has 0 bridgehead atoms. The molecule has 0 aliphatic rings. The number of ketones is 2. The molecule has 0 spiro atoms. The summed E-state index contributed by atoms with van der Waals surface area (Å²) in [6.07, 6.45) is 3.61. The fraction of sp³-hybridized carbons (Fsp3) is 0.200. The second kappa shape index (κ2) is 6.55. The van der Waals surface area contributed by atoms with Crippen LogP contribution in [0.1, 0.15) is 17.3 Å². The number of benzene rings is 1. The lowest BCUT2D eigenvalue weighted by Gasteiger charge is -2.21. The van der Waals surface area contributed by atoms with Crippen molar-refractivity contribution in [3.8, 4) is 0 Å².